The average Bonchev–Trinajstić information content (AvgIpc) is 2.92. The molecule has 1 aromatic rings. The molecule has 1 saturated carbocycles. The minimum absolute atomic E-state index is 0.0506. The maximum atomic E-state index is 12.0. The molecule has 2 amide bonds. The molecule has 0 spiro atoms. The van der Waals surface area contributed by atoms with E-state index in [-0.39, 0.29) is 23.8 Å². The molecule has 21 heavy (non-hydrogen) atoms. The maximum absolute atomic E-state index is 12.0. The monoisotopic (exact) mass is 289 g/mol. The van der Waals surface area contributed by atoms with E-state index in [2.05, 4.69) is 10.6 Å². The molecule has 1 fully saturated rings. The zero-order chi connectivity index (χ0) is 15.2. The van der Waals surface area contributed by atoms with Crippen molar-refractivity contribution in [1.29, 1.82) is 0 Å². The van der Waals surface area contributed by atoms with Gasteiger partial charge < -0.3 is 16.4 Å². The molecule has 5 heteroatoms. The third kappa shape index (κ3) is 4.29. The molecule has 1 aliphatic rings. The average molecular weight is 289 g/mol. The van der Waals surface area contributed by atoms with Gasteiger partial charge in [0.1, 0.15) is 0 Å². The molecule has 0 aromatic heterocycles. The molecule has 2 unspecified atom stereocenters. The number of carbonyl (C=O) groups is 2. The number of carbonyl (C=O) groups excluding carboxylic acids is 2. The summed E-state index contributed by atoms with van der Waals surface area (Å²) in [5.74, 6) is 0.0541. The summed E-state index contributed by atoms with van der Waals surface area (Å²) in [6, 6.07) is 7.45. The second kappa shape index (κ2) is 7.22. The molecule has 114 valence electrons. The van der Waals surface area contributed by atoms with Crippen molar-refractivity contribution in [1.82, 2.24) is 10.6 Å². The molecular weight excluding hydrogens is 266 g/mol. The van der Waals surface area contributed by atoms with Crippen LogP contribution in [0.5, 0.6) is 0 Å². The van der Waals surface area contributed by atoms with E-state index in [0.717, 1.165) is 24.8 Å². The second-order valence-corrected chi connectivity index (χ2v) is 5.54. The van der Waals surface area contributed by atoms with Crippen LogP contribution in [0, 0.1) is 5.92 Å². The SMILES string of the molecule is CCNC(=O)c1ccc(CNC(=O)C2CCC(N)C2)cc1. The third-order valence-electron chi connectivity index (χ3n) is 3.86. The number of amides is 2. The van der Waals surface area contributed by atoms with Gasteiger partial charge >= 0.3 is 0 Å². The first kappa shape index (κ1) is 15.5. The highest BCUT2D eigenvalue weighted by molar-refractivity contribution is 5.94. The Balaban J connectivity index is 1.83. The Morgan fingerprint density at radius 2 is 1.90 bits per heavy atom. The highest BCUT2D eigenvalue weighted by Gasteiger charge is 2.27. The summed E-state index contributed by atoms with van der Waals surface area (Å²) in [5.41, 5.74) is 7.44. The molecule has 0 heterocycles. The zero-order valence-electron chi connectivity index (χ0n) is 12.4. The molecule has 1 aromatic carbocycles. The molecule has 2 rings (SSSR count). The summed E-state index contributed by atoms with van der Waals surface area (Å²) >= 11 is 0. The van der Waals surface area contributed by atoms with Gasteiger partial charge in [-0.3, -0.25) is 9.59 Å². The number of benzene rings is 1. The van der Waals surface area contributed by atoms with Crippen LogP contribution in [0.2, 0.25) is 0 Å². The minimum Gasteiger partial charge on any atom is -0.352 e. The maximum Gasteiger partial charge on any atom is 0.251 e. The van der Waals surface area contributed by atoms with Gasteiger partial charge in [0, 0.05) is 30.6 Å². The lowest BCUT2D eigenvalue weighted by Crippen LogP contribution is -2.30. The van der Waals surface area contributed by atoms with E-state index in [1.165, 1.54) is 0 Å². The Morgan fingerprint density at radius 1 is 1.19 bits per heavy atom. The number of hydrogen-bond acceptors (Lipinski definition) is 3. The topological polar surface area (TPSA) is 84.2 Å². The molecule has 1 aliphatic carbocycles. The van der Waals surface area contributed by atoms with Gasteiger partial charge in [0.25, 0.3) is 5.91 Å². The van der Waals surface area contributed by atoms with Crippen molar-refractivity contribution in [2.75, 3.05) is 6.54 Å². The summed E-state index contributed by atoms with van der Waals surface area (Å²) in [5, 5.41) is 5.69. The first-order chi connectivity index (χ1) is 10.1. The van der Waals surface area contributed by atoms with Gasteiger partial charge in [-0.1, -0.05) is 12.1 Å². The van der Waals surface area contributed by atoms with Crippen molar-refractivity contribution in [3.8, 4) is 0 Å². The second-order valence-electron chi connectivity index (χ2n) is 5.54. The quantitative estimate of drug-likeness (QED) is 0.761. The first-order valence-corrected chi connectivity index (χ1v) is 7.50. The van der Waals surface area contributed by atoms with Crippen molar-refractivity contribution in [2.45, 2.75) is 38.8 Å². The third-order valence-corrected chi connectivity index (χ3v) is 3.86. The van der Waals surface area contributed by atoms with Crippen LogP contribution in [-0.4, -0.2) is 24.4 Å². The molecule has 5 nitrogen and oxygen atoms in total. The van der Waals surface area contributed by atoms with Crippen molar-refractivity contribution in [3.63, 3.8) is 0 Å². The number of nitrogens with one attached hydrogen (secondary N) is 2. The lowest BCUT2D eigenvalue weighted by atomic mass is 10.1. The summed E-state index contributed by atoms with van der Waals surface area (Å²) in [6.45, 7) is 2.98. The summed E-state index contributed by atoms with van der Waals surface area (Å²) < 4.78 is 0. The van der Waals surface area contributed by atoms with Crippen LogP contribution in [0.3, 0.4) is 0 Å². The Morgan fingerprint density at radius 3 is 2.48 bits per heavy atom. The van der Waals surface area contributed by atoms with Crippen LogP contribution in [0.15, 0.2) is 24.3 Å². The lowest BCUT2D eigenvalue weighted by molar-refractivity contribution is -0.125. The van der Waals surface area contributed by atoms with Gasteiger partial charge in [0.15, 0.2) is 0 Å². The Labute approximate surface area is 125 Å². The van der Waals surface area contributed by atoms with Crippen molar-refractivity contribution >= 4 is 11.8 Å². The first-order valence-electron chi connectivity index (χ1n) is 7.50. The fourth-order valence-electron chi connectivity index (χ4n) is 2.62. The van der Waals surface area contributed by atoms with Crippen molar-refractivity contribution < 1.29 is 9.59 Å². The van der Waals surface area contributed by atoms with E-state index >= 15 is 0 Å². The largest absolute Gasteiger partial charge is 0.352 e. The summed E-state index contributed by atoms with van der Waals surface area (Å²) in [4.78, 5) is 23.6. The molecule has 0 aliphatic heterocycles. The van der Waals surface area contributed by atoms with Gasteiger partial charge in [-0.25, -0.2) is 0 Å². The Kier molecular flexibility index (Phi) is 5.33. The lowest BCUT2D eigenvalue weighted by Gasteiger charge is -2.11. The number of nitrogens with two attached hydrogens (primary N) is 1. The fraction of sp³-hybridized carbons (Fsp3) is 0.500. The van der Waals surface area contributed by atoms with E-state index in [1.54, 1.807) is 12.1 Å². The number of hydrogen-bond donors (Lipinski definition) is 3. The number of rotatable bonds is 5. The van der Waals surface area contributed by atoms with E-state index in [9.17, 15) is 9.59 Å². The van der Waals surface area contributed by atoms with Crippen molar-refractivity contribution in [2.24, 2.45) is 11.7 Å². The summed E-state index contributed by atoms with van der Waals surface area (Å²) in [6.07, 6.45) is 2.59. The molecule has 0 saturated heterocycles. The van der Waals surface area contributed by atoms with Gasteiger partial charge in [-0.2, -0.15) is 0 Å². The van der Waals surface area contributed by atoms with Crippen LogP contribution in [0.25, 0.3) is 0 Å². The highest BCUT2D eigenvalue weighted by atomic mass is 16.2. The standard InChI is InChI=1S/C16H23N3O2/c1-2-18-15(20)12-5-3-11(4-6-12)10-19-16(21)13-7-8-14(17)9-13/h3-6,13-14H,2,7-10,17H2,1H3,(H,18,20)(H,19,21). The molecule has 2 atom stereocenters. The Hall–Kier alpha value is -1.88. The minimum atomic E-state index is -0.0759. The molecule has 4 N–H and O–H groups in total. The van der Waals surface area contributed by atoms with Crippen LogP contribution in [0.4, 0.5) is 0 Å². The van der Waals surface area contributed by atoms with Gasteiger partial charge in [-0.15, -0.1) is 0 Å². The predicted octanol–water partition coefficient (Wildman–Crippen LogP) is 1.18. The fourth-order valence-corrected chi connectivity index (χ4v) is 2.62. The zero-order valence-corrected chi connectivity index (χ0v) is 12.4. The van der Waals surface area contributed by atoms with Crippen LogP contribution in [-0.2, 0) is 11.3 Å². The van der Waals surface area contributed by atoms with Crippen molar-refractivity contribution in [3.05, 3.63) is 35.4 Å². The predicted molar refractivity (Wildman–Crippen MR) is 81.6 cm³/mol. The summed E-state index contributed by atoms with van der Waals surface area (Å²) in [7, 11) is 0. The van der Waals surface area contributed by atoms with Crippen LogP contribution >= 0.6 is 0 Å². The molecule has 0 radical (unpaired) electrons. The van der Waals surface area contributed by atoms with E-state index in [0.29, 0.717) is 18.7 Å². The van der Waals surface area contributed by atoms with Crippen LogP contribution in [0.1, 0.15) is 42.1 Å². The van der Waals surface area contributed by atoms with E-state index < -0.39 is 0 Å². The highest BCUT2D eigenvalue weighted by Crippen LogP contribution is 2.24. The van der Waals surface area contributed by atoms with Crippen LogP contribution < -0.4 is 16.4 Å². The van der Waals surface area contributed by atoms with E-state index in [4.69, 9.17) is 5.73 Å². The van der Waals surface area contributed by atoms with Gasteiger partial charge in [0.05, 0.1) is 0 Å². The normalized spacial score (nSPS) is 21.0. The van der Waals surface area contributed by atoms with Gasteiger partial charge in [0.2, 0.25) is 5.91 Å². The Bertz CT molecular complexity index is 499. The van der Waals surface area contributed by atoms with Gasteiger partial charge in [-0.05, 0) is 43.9 Å². The van der Waals surface area contributed by atoms with E-state index in [1.807, 2.05) is 19.1 Å². The molecular formula is C16H23N3O2. The molecule has 0 bridgehead atoms. The smallest absolute Gasteiger partial charge is 0.251 e.